The first-order valence-electron chi connectivity index (χ1n) is 5.29. The molecule has 1 aromatic carbocycles. The third kappa shape index (κ3) is 3.02. The zero-order chi connectivity index (χ0) is 13.0. The van der Waals surface area contributed by atoms with Crippen molar-refractivity contribution in [3.05, 3.63) is 63.2 Å². The quantitative estimate of drug-likeness (QED) is 0.850. The fourth-order valence-corrected chi connectivity index (χ4v) is 1.53. The third-order valence-electron chi connectivity index (χ3n) is 2.35. The maximum atomic E-state index is 11.5. The minimum Gasteiger partial charge on any atom is -0.490 e. The fourth-order valence-electron chi connectivity index (χ4n) is 1.40. The SMILES string of the molecule is COc1coc(/C=C\c2ccc(Cl)cc2)cc1=O. The van der Waals surface area contributed by atoms with E-state index in [9.17, 15) is 4.79 Å². The van der Waals surface area contributed by atoms with Crippen LogP contribution in [-0.2, 0) is 0 Å². The van der Waals surface area contributed by atoms with Crippen molar-refractivity contribution in [2.75, 3.05) is 7.11 Å². The van der Waals surface area contributed by atoms with Gasteiger partial charge in [0.05, 0.1) is 7.11 Å². The summed E-state index contributed by atoms with van der Waals surface area (Å²) in [5.74, 6) is 0.661. The van der Waals surface area contributed by atoms with E-state index in [1.165, 1.54) is 19.4 Å². The molecule has 2 aromatic rings. The molecule has 0 radical (unpaired) electrons. The summed E-state index contributed by atoms with van der Waals surface area (Å²) in [6.45, 7) is 0. The molecule has 0 saturated heterocycles. The van der Waals surface area contributed by atoms with Crippen molar-refractivity contribution in [1.29, 1.82) is 0 Å². The molecule has 0 aliphatic rings. The Balaban J connectivity index is 2.21. The summed E-state index contributed by atoms with van der Waals surface area (Å²) in [4.78, 5) is 11.5. The highest BCUT2D eigenvalue weighted by atomic mass is 35.5. The van der Waals surface area contributed by atoms with Gasteiger partial charge in [-0.3, -0.25) is 4.79 Å². The highest BCUT2D eigenvalue weighted by Crippen LogP contribution is 2.13. The first-order valence-corrected chi connectivity index (χ1v) is 5.67. The molecule has 1 aromatic heterocycles. The molecule has 0 fully saturated rings. The van der Waals surface area contributed by atoms with Crippen molar-refractivity contribution in [2.45, 2.75) is 0 Å². The van der Waals surface area contributed by atoms with Gasteiger partial charge in [0.15, 0.2) is 0 Å². The van der Waals surface area contributed by atoms with Crippen molar-refractivity contribution in [3.63, 3.8) is 0 Å². The number of halogens is 1. The number of rotatable bonds is 3. The van der Waals surface area contributed by atoms with E-state index in [0.717, 1.165) is 5.56 Å². The molecule has 1 heterocycles. The third-order valence-corrected chi connectivity index (χ3v) is 2.60. The van der Waals surface area contributed by atoms with Crippen molar-refractivity contribution in [3.8, 4) is 5.75 Å². The number of benzene rings is 1. The number of hydrogen-bond acceptors (Lipinski definition) is 3. The van der Waals surface area contributed by atoms with Crippen LogP contribution in [-0.4, -0.2) is 7.11 Å². The molecule has 3 nitrogen and oxygen atoms in total. The average molecular weight is 263 g/mol. The Kier molecular flexibility index (Phi) is 3.85. The molecule has 0 atom stereocenters. The highest BCUT2D eigenvalue weighted by Gasteiger charge is 2.00. The molecule has 0 aliphatic carbocycles. The van der Waals surface area contributed by atoms with Crippen LogP contribution >= 0.6 is 11.6 Å². The van der Waals surface area contributed by atoms with Crippen LogP contribution in [0, 0.1) is 0 Å². The topological polar surface area (TPSA) is 39.4 Å². The van der Waals surface area contributed by atoms with Crippen LogP contribution in [0.25, 0.3) is 12.2 Å². The van der Waals surface area contributed by atoms with Gasteiger partial charge in [-0.25, -0.2) is 0 Å². The zero-order valence-electron chi connectivity index (χ0n) is 9.72. The van der Waals surface area contributed by atoms with E-state index in [4.69, 9.17) is 20.8 Å². The van der Waals surface area contributed by atoms with Crippen LogP contribution in [0.3, 0.4) is 0 Å². The minimum absolute atomic E-state index is 0.193. The largest absolute Gasteiger partial charge is 0.490 e. The van der Waals surface area contributed by atoms with E-state index in [-0.39, 0.29) is 11.2 Å². The maximum Gasteiger partial charge on any atom is 0.227 e. The second-order valence-electron chi connectivity index (χ2n) is 3.60. The standard InChI is InChI=1S/C14H11ClO3/c1-17-14-9-18-12(8-13(14)16)7-4-10-2-5-11(15)6-3-10/h2-9H,1H3/b7-4-. The molecule has 2 rings (SSSR count). The van der Waals surface area contributed by atoms with Crippen LogP contribution in [0.4, 0.5) is 0 Å². The van der Waals surface area contributed by atoms with Gasteiger partial charge in [-0.2, -0.15) is 0 Å². The molecule has 92 valence electrons. The first kappa shape index (κ1) is 12.5. The number of ether oxygens (including phenoxy) is 1. The van der Waals surface area contributed by atoms with E-state index in [2.05, 4.69) is 0 Å². The van der Waals surface area contributed by atoms with Crippen LogP contribution in [0.5, 0.6) is 5.75 Å². The fraction of sp³-hybridized carbons (Fsp3) is 0.0714. The Hall–Kier alpha value is -2.00. The van der Waals surface area contributed by atoms with Crippen molar-refractivity contribution in [2.24, 2.45) is 0 Å². The van der Waals surface area contributed by atoms with Crippen LogP contribution in [0.2, 0.25) is 5.02 Å². The Bertz CT molecular complexity index is 612. The second kappa shape index (κ2) is 5.56. The Labute approximate surface area is 109 Å². The molecule has 0 spiro atoms. The van der Waals surface area contributed by atoms with Gasteiger partial charge >= 0.3 is 0 Å². The molecule has 0 unspecified atom stereocenters. The molecule has 0 amide bonds. The predicted octanol–water partition coefficient (Wildman–Crippen LogP) is 3.47. The first-order chi connectivity index (χ1) is 8.69. The summed E-state index contributed by atoms with van der Waals surface area (Å²) in [7, 11) is 1.43. The summed E-state index contributed by atoms with van der Waals surface area (Å²) >= 11 is 5.79. The molecule has 18 heavy (non-hydrogen) atoms. The monoisotopic (exact) mass is 262 g/mol. The lowest BCUT2D eigenvalue weighted by Gasteiger charge is -1.98. The zero-order valence-corrected chi connectivity index (χ0v) is 10.5. The lowest BCUT2D eigenvalue weighted by Crippen LogP contribution is -2.03. The normalized spacial score (nSPS) is 10.8. The van der Waals surface area contributed by atoms with Crippen LogP contribution in [0.15, 0.2) is 45.8 Å². The molecule has 0 aliphatic heterocycles. The summed E-state index contributed by atoms with van der Waals surface area (Å²) < 4.78 is 10.1. The van der Waals surface area contributed by atoms with Crippen molar-refractivity contribution in [1.82, 2.24) is 0 Å². The smallest absolute Gasteiger partial charge is 0.227 e. The molecule has 0 bridgehead atoms. The van der Waals surface area contributed by atoms with Gasteiger partial charge in [0.2, 0.25) is 11.2 Å². The van der Waals surface area contributed by atoms with Crippen molar-refractivity contribution >= 4 is 23.8 Å². The lowest BCUT2D eigenvalue weighted by atomic mass is 10.2. The van der Waals surface area contributed by atoms with Gasteiger partial charge in [0.1, 0.15) is 12.0 Å². The summed E-state index contributed by atoms with van der Waals surface area (Å²) in [6, 6.07) is 8.73. The van der Waals surface area contributed by atoms with Gasteiger partial charge in [-0.15, -0.1) is 0 Å². The van der Waals surface area contributed by atoms with Gasteiger partial charge in [0, 0.05) is 11.1 Å². The molecular weight excluding hydrogens is 252 g/mol. The van der Waals surface area contributed by atoms with Crippen LogP contribution < -0.4 is 10.2 Å². The Morgan fingerprint density at radius 2 is 1.94 bits per heavy atom. The van der Waals surface area contributed by atoms with Gasteiger partial charge < -0.3 is 9.15 Å². The molecule has 4 heteroatoms. The summed E-state index contributed by atoms with van der Waals surface area (Å²) in [5.41, 5.74) is 0.761. The van der Waals surface area contributed by atoms with E-state index >= 15 is 0 Å². The molecular formula is C14H11ClO3. The van der Waals surface area contributed by atoms with Gasteiger partial charge in [-0.1, -0.05) is 29.8 Å². The average Bonchev–Trinajstić information content (AvgIpc) is 2.38. The maximum absolute atomic E-state index is 11.5. The van der Waals surface area contributed by atoms with E-state index in [0.29, 0.717) is 10.8 Å². The van der Waals surface area contributed by atoms with E-state index in [1.807, 2.05) is 18.2 Å². The summed E-state index contributed by atoms with van der Waals surface area (Å²) in [6.07, 6.45) is 4.84. The molecule has 0 N–H and O–H groups in total. The lowest BCUT2D eigenvalue weighted by molar-refractivity contribution is 0.385. The minimum atomic E-state index is -0.209. The summed E-state index contributed by atoms with van der Waals surface area (Å²) in [5, 5.41) is 0.683. The van der Waals surface area contributed by atoms with Crippen molar-refractivity contribution < 1.29 is 9.15 Å². The number of hydrogen-bond donors (Lipinski definition) is 0. The Morgan fingerprint density at radius 3 is 2.56 bits per heavy atom. The second-order valence-corrected chi connectivity index (χ2v) is 4.04. The Morgan fingerprint density at radius 1 is 1.22 bits per heavy atom. The highest BCUT2D eigenvalue weighted by molar-refractivity contribution is 6.30. The predicted molar refractivity (Wildman–Crippen MR) is 71.9 cm³/mol. The van der Waals surface area contributed by atoms with Crippen LogP contribution in [0.1, 0.15) is 11.3 Å². The number of methoxy groups -OCH3 is 1. The van der Waals surface area contributed by atoms with Gasteiger partial charge in [-0.05, 0) is 23.8 Å². The van der Waals surface area contributed by atoms with Gasteiger partial charge in [0.25, 0.3) is 0 Å². The van der Waals surface area contributed by atoms with E-state index < -0.39 is 0 Å². The molecule has 0 saturated carbocycles. The van der Waals surface area contributed by atoms with E-state index in [1.54, 1.807) is 18.2 Å².